The Balaban J connectivity index is 2.57. The van der Waals surface area contributed by atoms with Gasteiger partial charge in [-0.1, -0.05) is 24.9 Å². The molecule has 1 heterocycles. The van der Waals surface area contributed by atoms with Crippen molar-refractivity contribution in [1.82, 2.24) is 4.57 Å². The zero-order chi connectivity index (χ0) is 17.7. The third kappa shape index (κ3) is 4.08. The van der Waals surface area contributed by atoms with Crippen LogP contribution < -0.4 is 9.54 Å². The number of methoxy groups -OCH3 is 1. The number of nitrogens with zero attached hydrogens (tertiary/aromatic N) is 3. The number of benzene rings is 1. The molecular formula is C18H24ClN3OS. The summed E-state index contributed by atoms with van der Waals surface area (Å²) in [5.74, 6) is 1.34. The summed E-state index contributed by atoms with van der Waals surface area (Å²) in [4.78, 5) is 11.4. The van der Waals surface area contributed by atoms with Crippen LogP contribution >= 0.6 is 22.9 Å². The molecule has 4 nitrogen and oxygen atoms in total. The van der Waals surface area contributed by atoms with E-state index in [4.69, 9.17) is 21.3 Å². The lowest BCUT2D eigenvalue weighted by molar-refractivity contribution is 0.414. The van der Waals surface area contributed by atoms with Gasteiger partial charge in [-0.3, -0.25) is 4.99 Å². The first-order valence-corrected chi connectivity index (χ1v) is 9.23. The summed E-state index contributed by atoms with van der Waals surface area (Å²) in [6.45, 7) is 7.43. The van der Waals surface area contributed by atoms with Crippen molar-refractivity contribution in [2.24, 2.45) is 9.98 Å². The molecule has 0 amide bonds. The molecule has 0 fully saturated rings. The molecule has 0 spiro atoms. The maximum Gasteiger partial charge on any atom is 0.191 e. The van der Waals surface area contributed by atoms with Gasteiger partial charge < -0.3 is 9.30 Å². The molecule has 24 heavy (non-hydrogen) atoms. The Morgan fingerprint density at radius 3 is 2.71 bits per heavy atom. The van der Waals surface area contributed by atoms with Crippen molar-refractivity contribution in [3.05, 3.63) is 44.2 Å². The largest absolute Gasteiger partial charge is 0.496 e. The van der Waals surface area contributed by atoms with E-state index >= 15 is 0 Å². The molecule has 2 aromatic rings. The summed E-state index contributed by atoms with van der Waals surface area (Å²) in [6, 6.07) is 5.49. The lowest BCUT2D eigenvalue weighted by atomic mass is 10.2. The van der Waals surface area contributed by atoms with Crippen molar-refractivity contribution >= 4 is 28.8 Å². The zero-order valence-corrected chi connectivity index (χ0v) is 16.5. The molecule has 6 heteroatoms. The number of amidine groups is 1. The number of unbranched alkanes of at least 4 members (excludes halogenated alkanes) is 1. The van der Waals surface area contributed by atoms with E-state index in [1.165, 1.54) is 10.6 Å². The molecule has 130 valence electrons. The van der Waals surface area contributed by atoms with Crippen LogP contribution in [0.15, 0.2) is 28.2 Å². The van der Waals surface area contributed by atoms with Crippen molar-refractivity contribution in [3.8, 4) is 5.75 Å². The molecule has 0 saturated heterocycles. The highest BCUT2D eigenvalue weighted by atomic mass is 35.5. The van der Waals surface area contributed by atoms with Crippen molar-refractivity contribution in [2.75, 3.05) is 14.2 Å². The quantitative estimate of drug-likeness (QED) is 0.563. The van der Waals surface area contributed by atoms with Crippen LogP contribution in [0.25, 0.3) is 0 Å². The van der Waals surface area contributed by atoms with Crippen LogP contribution in [-0.4, -0.2) is 24.6 Å². The van der Waals surface area contributed by atoms with Gasteiger partial charge in [-0.2, -0.15) is 0 Å². The highest BCUT2D eigenvalue weighted by Gasteiger charge is 2.12. The lowest BCUT2D eigenvalue weighted by Gasteiger charge is -2.09. The van der Waals surface area contributed by atoms with Crippen molar-refractivity contribution in [1.29, 1.82) is 0 Å². The van der Waals surface area contributed by atoms with Crippen molar-refractivity contribution in [2.45, 2.75) is 40.2 Å². The Morgan fingerprint density at radius 2 is 2.08 bits per heavy atom. The minimum absolute atomic E-state index is 0.626. The fraction of sp³-hybridized carbons (Fsp3) is 0.444. The standard InChI is InChI=1S/C18H24ClN3OS/c1-6-7-10-22-12(2)13(3)24-18(22)21-17(20-4)15-11-14(19)8-9-16(15)23-5/h8-9,11H,6-7,10H2,1-5H3. The van der Waals surface area contributed by atoms with Crippen LogP contribution in [-0.2, 0) is 6.54 Å². The van der Waals surface area contributed by atoms with Crippen LogP contribution in [0.3, 0.4) is 0 Å². The number of hydrogen-bond donors (Lipinski definition) is 0. The molecule has 0 saturated carbocycles. The van der Waals surface area contributed by atoms with Crippen LogP contribution in [0.5, 0.6) is 5.75 Å². The molecule has 0 bridgehead atoms. The van der Waals surface area contributed by atoms with E-state index in [1.807, 2.05) is 12.1 Å². The summed E-state index contributed by atoms with van der Waals surface area (Å²) >= 11 is 7.84. The molecule has 0 atom stereocenters. The third-order valence-electron chi connectivity index (χ3n) is 3.94. The minimum atomic E-state index is 0.626. The lowest BCUT2D eigenvalue weighted by Crippen LogP contribution is -2.19. The second-order valence-electron chi connectivity index (χ2n) is 5.54. The summed E-state index contributed by atoms with van der Waals surface area (Å²) in [7, 11) is 3.38. The Labute approximate surface area is 152 Å². The Hall–Kier alpha value is -1.59. The first kappa shape index (κ1) is 18.7. The Kier molecular flexibility index (Phi) is 6.63. The fourth-order valence-electron chi connectivity index (χ4n) is 2.44. The average molecular weight is 366 g/mol. The number of aryl methyl sites for hydroxylation is 1. The van der Waals surface area contributed by atoms with Gasteiger partial charge in [0.25, 0.3) is 0 Å². The van der Waals surface area contributed by atoms with Crippen molar-refractivity contribution in [3.63, 3.8) is 0 Å². The molecule has 2 rings (SSSR count). The number of ether oxygens (including phenoxy) is 1. The zero-order valence-electron chi connectivity index (χ0n) is 14.9. The summed E-state index contributed by atoms with van der Waals surface area (Å²) in [6.07, 6.45) is 2.28. The number of rotatable bonds is 5. The predicted molar refractivity (Wildman–Crippen MR) is 103 cm³/mol. The average Bonchev–Trinajstić information content (AvgIpc) is 2.84. The predicted octanol–water partition coefficient (Wildman–Crippen LogP) is 4.61. The third-order valence-corrected chi connectivity index (χ3v) is 5.27. The first-order chi connectivity index (χ1) is 11.5. The molecule has 0 N–H and O–H groups in total. The Morgan fingerprint density at radius 1 is 1.33 bits per heavy atom. The van der Waals surface area contributed by atoms with E-state index in [9.17, 15) is 0 Å². The van der Waals surface area contributed by atoms with Gasteiger partial charge >= 0.3 is 0 Å². The number of aliphatic imine (C=N–C) groups is 1. The summed E-state index contributed by atoms with van der Waals surface area (Å²) in [5.41, 5.74) is 2.07. The fourth-order valence-corrected chi connectivity index (χ4v) is 3.61. The topological polar surface area (TPSA) is 38.9 Å². The highest BCUT2D eigenvalue weighted by molar-refractivity contribution is 7.09. The van der Waals surface area contributed by atoms with Crippen molar-refractivity contribution < 1.29 is 4.74 Å². The summed E-state index contributed by atoms with van der Waals surface area (Å²) < 4.78 is 7.71. The second kappa shape index (κ2) is 8.49. The molecule has 0 radical (unpaired) electrons. The molecule has 0 unspecified atom stereocenters. The van der Waals surface area contributed by atoms with E-state index in [1.54, 1.807) is 31.6 Å². The van der Waals surface area contributed by atoms with Gasteiger partial charge in [0, 0.05) is 29.2 Å². The van der Waals surface area contributed by atoms with Crippen LogP contribution in [0.4, 0.5) is 0 Å². The monoisotopic (exact) mass is 365 g/mol. The minimum Gasteiger partial charge on any atom is -0.496 e. The van der Waals surface area contributed by atoms with Gasteiger partial charge in [0.2, 0.25) is 0 Å². The SMILES string of the molecule is CCCCn1c(C)c(C)sc1=NC(=NC)c1cc(Cl)ccc1OC. The van der Waals surface area contributed by atoms with Gasteiger partial charge in [-0.25, -0.2) is 4.99 Å². The highest BCUT2D eigenvalue weighted by Crippen LogP contribution is 2.24. The van der Waals surface area contributed by atoms with Crippen LogP contribution in [0.1, 0.15) is 35.9 Å². The van der Waals surface area contributed by atoms with Gasteiger partial charge in [0.1, 0.15) is 5.75 Å². The van der Waals surface area contributed by atoms with Gasteiger partial charge in [-0.05, 0) is 38.5 Å². The van der Waals surface area contributed by atoms with Gasteiger partial charge in [-0.15, -0.1) is 11.3 Å². The van der Waals surface area contributed by atoms with E-state index in [0.717, 1.165) is 29.8 Å². The van der Waals surface area contributed by atoms with Gasteiger partial charge in [0.05, 0.1) is 12.7 Å². The molecule has 0 aliphatic rings. The number of thiazole rings is 1. The molecular weight excluding hydrogens is 342 g/mol. The molecule has 0 aliphatic carbocycles. The van der Waals surface area contributed by atoms with E-state index < -0.39 is 0 Å². The molecule has 0 aliphatic heterocycles. The molecule has 1 aromatic heterocycles. The smallest absolute Gasteiger partial charge is 0.191 e. The normalized spacial score (nSPS) is 12.8. The number of aromatic nitrogens is 1. The number of halogens is 1. The summed E-state index contributed by atoms with van der Waals surface area (Å²) in [5, 5.41) is 0.638. The second-order valence-corrected chi connectivity index (χ2v) is 7.15. The van der Waals surface area contributed by atoms with Crippen LogP contribution in [0, 0.1) is 13.8 Å². The molecule has 1 aromatic carbocycles. The maximum atomic E-state index is 6.15. The first-order valence-electron chi connectivity index (χ1n) is 8.04. The van der Waals surface area contributed by atoms with Gasteiger partial charge in [0.15, 0.2) is 10.6 Å². The number of hydrogen-bond acceptors (Lipinski definition) is 3. The van der Waals surface area contributed by atoms with E-state index in [-0.39, 0.29) is 0 Å². The maximum absolute atomic E-state index is 6.15. The van der Waals surface area contributed by atoms with Crippen LogP contribution in [0.2, 0.25) is 5.02 Å². The van der Waals surface area contributed by atoms with E-state index in [0.29, 0.717) is 16.6 Å². The van der Waals surface area contributed by atoms with E-state index in [2.05, 4.69) is 30.3 Å². The Bertz CT molecular complexity index is 805.